The minimum absolute atomic E-state index is 0.0266. The summed E-state index contributed by atoms with van der Waals surface area (Å²) < 4.78 is 30.3. The largest absolute Gasteiger partial charge is 0.315 e. The van der Waals surface area contributed by atoms with Crippen LogP contribution in [-0.4, -0.2) is 31.2 Å². The second-order valence-corrected chi connectivity index (χ2v) is 9.40. The Morgan fingerprint density at radius 2 is 2.00 bits per heavy atom. The lowest BCUT2D eigenvalue weighted by molar-refractivity contribution is -0.119. The van der Waals surface area contributed by atoms with Gasteiger partial charge in [0.05, 0.1) is 17.1 Å². The van der Waals surface area contributed by atoms with Gasteiger partial charge in [-0.15, -0.1) is 0 Å². The average Bonchev–Trinajstić information content (AvgIpc) is 3.05. The molecule has 0 saturated heterocycles. The third kappa shape index (κ3) is 3.45. The van der Waals surface area contributed by atoms with E-state index in [-0.39, 0.29) is 16.8 Å². The highest BCUT2D eigenvalue weighted by molar-refractivity contribution is 7.92. The minimum atomic E-state index is -3.78. The summed E-state index contributed by atoms with van der Waals surface area (Å²) in [6.07, 6.45) is 2.76. The van der Waals surface area contributed by atoms with Crippen LogP contribution in [0, 0.1) is 0 Å². The van der Waals surface area contributed by atoms with E-state index in [2.05, 4.69) is 9.82 Å². The number of carbonyl (C=O) groups is 1. The molecule has 8 heteroatoms. The summed E-state index contributed by atoms with van der Waals surface area (Å²) in [5.74, 6) is 0.465. The lowest BCUT2D eigenvalue weighted by Crippen LogP contribution is -2.39. The number of fused-ring (bicyclic) bond motifs is 1. The van der Waals surface area contributed by atoms with Gasteiger partial charge < -0.3 is 4.90 Å². The van der Waals surface area contributed by atoms with Crippen LogP contribution in [0.4, 0.5) is 11.5 Å². The number of aromatic nitrogens is 2. The molecule has 3 rings (SSSR count). The van der Waals surface area contributed by atoms with Crippen LogP contribution in [0.3, 0.4) is 0 Å². The van der Waals surface area contributed by atoms with E-state index in [1.807, 2.05) is 27.7 Å². The number of hydrogen-bond acceptors (Lipinski definition) is 4. The number of anilines is 2. The molecule has 1 unspecified atom stereocenters. The van der Waals surface area contributed by atoms with E-state index in [0.29, 0.717) is 12.2 Å². The van der Waals surface area contributed by atoms with Crippen molar-refractivity contribution in [2.24, 2.45) is 0 Å². The van der Waals surface area contributed by atoms with Gasteiger partial charge in [-0.05, 0) is 37.1 Å². The van der Waals surface area contributed by atoms with Crippen molar-refractivity contribution in [1.29, 1.82) is 0 Å². The molecule has 0 radical (unpaired) electrons. The molecule has 1 aliphatic rings. The fourth-order valence-electron chi connectivity index (χ4n) is 3.36. The summed E-state index contributed by atoms with van der Waals surface area (Å²) in [5.41, 5.74) is 1.17. The van der Waals surface area contributed by atoms with Crippen LogP contribution in [0.2, 0.25) is 0 Å². The van der Waals surface area contributed by atoms with Crippen molar-refractivity contribution in [3.63, 3.8) is 0 Å². The highest BCUT2D eigenvalue weighted by atomic mass is 32.2. The Balaban J connectivity index is 2.00. The van der Waals surface area contributed by atoms with E-state index >= 15 is 0 Å². The van der Waals surface area contributed by atoms with Gasteiger partial charge in [-0.2, -0.15) is 5.10 Å². The summed E-state index contributed by atoms with van der Waals surface area (Å²) in [7, 11) is -2.06. The van der Waals surface area contributed by atoms with Crippen LogP contribution in [0.1, 0.15) is 52.1 Å². The molecule has 0 saturated carbocycles. The van der Waals surface area contributed by atoms with Crippen molar-refractivity contribution in [3.05, 3.63) is 36.0 Å². The number of nitrogens with one attached hydrogen (secondary N) is 1. The third-order valence-electron chi connectivity index (χ3n) is 5.25. The molecule has 1 aliphatic heterocycles. The summed E-state index contributed by atoms with van der Waals surface area (Å²) in [6.45, 7) is 7.92. The molecule has 1 amide bonds. The van der Waals surface area contributed by atoms with Crippen LogP contribution in [0.25, 0.3) is 0 Å². The van der Waals surface area contributed by atoms with E-state index in [0.717, 1.165) is 17.7 Å². The molecule has 7 nitrogen and oxygen atoms in total. The molecule has 2 heterocycles. The first-order valence-corrected chi connectivity index (χ1v) is 10.5. The maximum atomic E-state index is 13.0. The number of nitrogens with zero attached hydrogens (tertiary/aromatic N) is 3. The van der Waals surface area contributed by atoms with Gasteiger partial charge in [0.2, 0.25) is 5.91 Å². The van der Waals surface area contributed by atoms with Gasteiger partial charge >= 0.3 is 0 Å². The van der Waals surface area contributed by atoms with Crippen molar-refractivity contribution in [2.75, 3.05) is 16.7 Å². The molecule has 1 aromatic heterocycles. The van der Waals surface area contributed by atoms with Crippen molar-refractivity contribution < 1.29 is 13.2 Å². The van der Waals surface area contributed by atoms with Gasteiger partial charge in [-0.25, -0.2) is 13.1 Å². The van der Waals surface area contributed by atoms with E-state index in [9.17, 15) is 13.2 Å². The first-order chi connectivity index (χ1) is 12.6. The second kappa shape index (κ2) is 6.67. The topological polar surface area (TPSA) is 84.3 Å². The molecule has 146 valence electrons. The van der Waals surface area contributed by atoms with Crippen molar-refractivity contribution in [3.8, 4) is 0 Å². The van der Waals surface area contributed by atoms with Crippen LogP contribution in [0.5, 0.6) is 0 Å². The molecule has 1 aromatic carbocycles. The molecule has 2 aromatic rings. The highest BCUT2D eigenvalue weighted by Gasteiger charge is 2.36. The lowest BCUT2D eigenvalue weighted by Gasteiger charge is -2.37. The number of amides is 1. The number of benzene rings is 1. The van der Waals surface area contributed by atoms with E-state index < -0.39 is 15.4 Å². The molecule has 1 N–H and O–H groups in total. The number of hydrogen-bond donors (Lipinski definition) is 1. The summed E-state index contributed by atoms with van der Waals surface area (Å²) >= 11 is 0. The Kier molecular flexibility index (Phi) is 4.80. The first-order valence-electron chi connectivity index (χ1n) is 9.04. The lowest BCUT2D eigenvalue weighted by atomic mass is 9.77. The Morgan fingerprint density at radius 3 is 2.67 bits per heavy atom. The predicted molar refractivity (Wildman–Crippen MR) is 106 cm³/mol. The molecular weight excluding hydrogens is 364 g/mol. The fourth-order valence-corrected chi connectivity index (χ4v) is 4.43. The normalized spacial score (nSPS) is 17.5. The molecule has 27 heavy (non-hydrogen) atoms. The number of rotatable bonds is 5. The predicted octanol–water partition coefficient (Wildman–Crippen LogP) is 3.30. The molecule has 0 fully saturated rings. The molecule has 1 atom stereocenters. The van der Waals surface area contributed by atoms with Gasteiger partial charge in [0.15, 0.2) is 0 Å². The van der Waals surface area contributed by atoms with Gasteiger partial charge in [0.25, 0.3) is 10.0 Å². The third-order valence-corrected chi connectivity index (χ3v) is 6.61. The van der Waals surface area contributed by atoms with Gasteiger partial charge in [-0.3, -0.25) is 9.52 Å². The second-order valence-electron chi connectivity index (χ2n) is 7.72. The smallest absolute Gasteiger partial charge is 0.263 e. The van der Waals surface area contributed by atoms with Crippen LogP contribution >= 0.6 is 0 Å². The number of carbonyl (C=O) groups excluding carboxylic acids is 1. The Labute approximate surface area is 160 Å². The number of sulfonamides is 1. The van der Waals surface area contributed by atoms with Gasteiger partial charge in [0.1, 0.15) is 5.82 Å². The van der Waals surface area contributed by atoms with Gasteiger partial charge in [0, 0.05) is 30.6 Å². The zero-order valence-corrected chi connectivity index (χ0v) is 17.2. The van der Waals surface area contributed by atoms with E-state index in [1.165, 1.54) is 6.07 Å². The monoisotopic (exact) mass is 390 g/mol. The summed E-state index contributed by atoms with van der Waals surface area (Å²) in [6, 6.07) is 6.65. The highest BCUT2D eigenvalue weighted by Crippen LogP contribution is 2.40. The van der Waals surface area contributed by atoms with Crippen LogP contribution in [0.15, 0.2) is 35.4 Å². The molecule has 0 bridgehead atoms. The zero-order valence-electron chi connectivity index (χ0n) is 16.4. The molecular formula is C19H26N4O3S. The van der Waals surface area contributed by atoms with Crippen molar-refractivity contribution >= 4 is 27.4 Å². The first kappa shape index (κ1) is 19.4. The SMILES string of the molecule is CCC(C)n1nccc1NS(=O)(=O)c1ccc2c(c1)C(C)(C)CC(=O)N2C. The van der Waals surface area contributed by atoms with Crippen molar-refractivity contribution in [1.82, 2.24) is 9.78 Å². The van der Waals surface area contributed by atoms with Crippen molar-refractivity contribution in [2.45, 2.75) is 56.9 Å². The van der Waals surface area contributed by atoms with Crippen LogP contribution in [-0.2, 0) is 20.2 Å². The fraction of sp³-hybridized carbons (Fsp3) is 0.474. The standard InChI is InChI=1S/C19H26N4O3S/c1-6-13(2)23-17(9-10-20-23)21-27(25,26)14-7-8-16-15(11-14)19(3,4)12-18(24)22(16)5/h7-11,13,21H,6,12H2,1-5H3. The Morgan fingerprint density at radius 1 is 1.30 bits per heavy atom. The zero-order chi connectivity index (χ0) is 20.0. The Hall–Kier alpha value is -2.35. The summed E-state index contributed by atoms with van der Waals surface area (Å²) in [5, 5.41) is 4.22. The van der Waals surface area contributed by atoms with E-state index in [1.54, 1.807) is 41.0 Å². The molecule has 0 aliphatic carbocycles. The Bertz CT molecular complexity index is 979. The minimum Gasteiger partial charge on any atom is -0.315 e. The van der Waals surface area contributed by atoms with E-state index in [4.69, 9.17) is 0 Å². The van der Waals surface area contributed by atoms with Crippen LogP contribution < -0.4 is 9.62 Å². The van der Waals surface area contributed by atoms with Gasteiger partial charge in [-0.1, -0.05) is 20.8 Å². The summed E-state index contributed by atoms with van der Waals surface area (Å²) in [4.78, 5) is 13.9. The molecule has 0 spiro atoms. The quantitative estimate of drug-likeness (QED) is 0.849. The average molecular weight is 391 g/mol. The maximum Gasteiger partial charge on any atom is 0.263 e. The maximum absolute atomic E-state index is 13.0.